The molecule has 0 aliphatic carbocycles. The predicted molar refractivity (Wildman–Crippen MR) is 187 cm³/mol. The van der Waals surface area contributed by atoms with Gasteiger partial charge in [-0.05, 0) is 69.1 Å². The number of hydrogen-bond acceptors (Lipinski definition) is 9. The van der Waals surface area contributed by atoms with E-state index < -0.39 is 31.5 Å². The molecule has 0 unspecified atom stereocenters. The minimum atomic E-state index is -3.06. The topological polar surface area (TPSA) is 158 Å². The van der Waals surface area contributed by atoms with E-state index in [0.29, 0.717) is 42.9 Å². The molecule has 2 saturated heterocycles. The van der Waals surface area contributed by atoms with Gasteiger partial charge < -0.3 is 39.8 Å². The van der Waals surface area contributed by atoms with Gasteiger partial charge in [0, 0.05) is 48.8 Å². The monoisotopic (exact) mass is 694 g/mol. The number of amides is 3. The molecule has 49 heavy (non-hydrogen) atoms. The summed E-state index contributed by atoms with van der Waals surface area (Å²) in [5.41, 5.74) is 0.682. The van der Waals surface area contributed by atoms with Gasteiger partial charge in [-0.2, -0.15) is 0 Å². The van der Waals surface area contributed by atoms with Crippen molar-refractivity contribution < 1.29 is 38.6 Å². The van der Waals surface area contributed by atoms with Gasteiger partial charge >= 0.3 is 5.97 Å². The fourth-order valence-corrected chi connectivity index (χ4v) is 10.4. The summed E-state index contributed by atoms with van der Waals surface area (Å²) in [6, 6.07) is 14.6. The molecule has 0 bridgehead atoms. The molecule has 2 aromatic rings. The van der Waals surface area contributed by atoms with Gasteiger partial charge in [-0.15, -0.1) is 0 Å². The third-order valence-corrected chi connectivity index (χ3v) is 12.7. The number of benzene rings is 2. The van der Waals surface area contributed by atoms with Crippen LogP contribution in [-0.2, 0) is 40.8 Å². The fraction of sp³-hybridized carbons (Fsp3) is 0.556. The quantitative estimate of drug-likeness (QED) is 0.132. The number of nitrogens with one attached hydrogen (secondary N) is 2. The second-order valence-electron chi connectivity index (χ2n) is 13.9. The number of carbonyl (C=O) groups excluding carboxylic acids is 4. The number of anilines is 2. The van der Waals surface area contributed by atoms with Crippen molar-refractivity contribution in [3.05, 3.63) is 59.7 Å². The van der Waals surface area contributed by atoms with Gasteiger partial charge in [0.05, 0.1) is 38.0 Å². The van der Waals surface area contributed by atoms with E-state index in [1.807, 2.05) is 43.3 Å². The van der Waals surface area contributed by atoms with Crippen LogP contribution in [0.5, 0.6) is 0 Å². The van der Waals surface area contributed by atoms with Crippen molar-refractivity contribution in [1.29, 1.82) is 0 Å². The zero-order valence-electron chi connectivity index (χ0n) is 28.9. The average molecular weight is 695 g/mol. The molecule has 4 N–H and O–H groups in total. The van der Waals surface area contributed by atoms with E-state index in [0.717, 1.165) is 24.9 Å². The minimum absolute atomic E-state index is 0.0773. The van der Waals surface area contributed by atoms with Crippen molar-refractivity contribution in [3.8, 4) is 0 Å². The number of aliphatic hydroxyl groups is 1. The van der Waals surface area contributed by atoms with Gasteiger partial charge in [0.2, 0.25) is 11.8 Å². The van der Waals surface area contributed by atoms with E-state index in [1.54, 1.807) is 35.0 Å². The van der Waals surface area contributed by atoms with Gasteiger partial charge in [0.25, 0.3) is 5.91 Å². The Balaban J connectivity index is 1.48. The summed E-state index contributed by atoms with van der Waals surface area (Å²) < 4.78 is 11.7. The van der Waals surface area contributed by atoms with Crippen molar-refractivity contribution in [3.63, 3.8) is 0 Å². The lowest BCUT2D eigenvalue weighted by atomic mass is 9.82. The van der Waals surface area contributed by atoms with Crippen LogP contribution in [0.25, 0.3) is 0 Å². The van der Waals surface area contributed by atoms with Crippen LogP contribution in [0.3, 0.4) is 0 Å². The van der Waals surface area contributed by atoms with Crippen LogP contribution in [0, 0.1) is 5.92 Å². The highest BCUT2D eigenvalue weighted by molar-refractivity contribution is 6.71. The van der Waals surface area contributed by atoms with E-state index in [4.69, 9.17) is 9.47 Å². The van der Waals surface area contributed by atoms with Gasteiger partial charge in [-0.1, -0.05) is 37.3 Å². The van der Waals surface area contributed by atoms with E-state index in [1.165, 1.54) is 7.11 Å². The van der Waals surface area contributed by atoms with Crippen molar-refractivity contribution in [1.82, 2.24) is 10.2 Å². The first-order valence-electron chi connectivity index (χ1n) is 17.3. The lowest BCUT2D eigenvalue weighted by Crippen LogP contribution is -2.46. The maximum Gasteiger partial charge on any atom is 0.305 e. The van der Waals surface area contributed by atoms with Gasteiger partial charge in [0.1, 0.15) is 0 Å². The van der Waals surface area contributed by atoms with Crippen molar-refractivity contribution >= 4 is 43.4 Å². The van der Waals surface area contributed by atoms with Crippen molar-refractivity contribution in [2.45, 2.75) is 88.4 Å². The Morgan fingerprint density at radius 2 is 1.92 bits per heavy atom. The molecule has 0 radical (unpaired) electrons. The number of aliphatic hydroxyl groups excluding tert-OH is 1. The third-order valence-electron chi connectivity index (χ3n) is 10.2. The molecule has 2 fully saturated rings. The molecule has 2 aromatic carbocycles. The maximum atomic E-state index is 14.7. The first-order chi connectivity index (χ1) is 23.4. The number of hydrogen-bond donors (Lipinski definition) is 4. The maximum absolute atomic E-state index is 14.7. The minimum Gasteiger partial charge on any atom is -0.469 e. The number of unbranched alkanes of at least 4 members (excludes halogenated alkanes) is 1. The van der Waals surface area contributed by atoms with Crippen LogP contribution in [0.1, 0.15) is 56.6 Å². The highest BCUT2D eigenvalue weighted by Crippen LogP contribution is 2.60. The number of rotatable bonds is 14. The van der Waals surface area contributed by atoms with Crippen molar-refractivity contribution in [2.75, 3.05) is 43.6 Å². The highest BCUT2D eigenvalue weighted by Gasteiger charge is 2.66. The van der Waals surface area contributed by atoms with Crippen LogP contribution in [0.15, 0.2) is 48.5 Å². The zero-order valence-corrected chi connectivity index (χ0v) is 29.9. The molecule has 0 aromatic heterocycles. The first kappa shape index (κ1) is 36.7. The molecule has 5 atom stereocenters. The Morgan fingerprint density at radius 1 is 1.16 bits per heavy atom. The Bertz CT molecular complexity index is 1510. The van der Waals surface area contributed by atoms with E-state index >= 15 is 0 Å². The SMILES string of the molecule is COC(=O)CCCCN1C(=O)[C@]2(O[C@H](CC(=O)N(CCO)Cc3ccccc3)[C@@H]([Si](C)(C)O)[C@@H]2C)c2cc(NC(=O)[C@H]3CCCN3)ccc21. The second-order valence-corrected chi connectivity index (χ2v) is 17.9. The summed E-state index contributed by atoms with van der Waals surface area (Å²) >= 11 is 0. The summed E-state index contributed by atoms with van der Waals surface area (Å²) in [6.07, 6.45) is 2.10. The number of nitrogens with zero attached hydrogens (tertiary/aromatic N) is 2. The molecule has 5 rings (SSSR count). The van der Waals surface area contributed by atoms with E-state index in [-0.39, 0.29) is 55.7 Å². The van der Waals surface area contributed by atoms with Gasteiger partial charge in [-0.25, -0.2) is 0 Å². The lowest BCUT2D eigenvalue weighted by molar-refractivity contribution is -0.149. The molecule has 3 amide bonds. The number of fused-ring (bicyclic) bond motifs is 2. The molecule has 3 heterocycles. The molecule has 3 aliphatic rings. The molecular formula is C36H50N4O8Si. The summed E-state index contributed by atoms with van der Waals surface area (Å²) in [7, 11) is -1.72. The van der Waals surface area contributed by atoms with Crippen LogP contribution in [0.4, 0.5) is 11.4 Å². The van der Waals surface area contributed by atoms with Crippen LogP contribution < -0.4 is 15.5 Å². The molecule has 1 spiro atoms. The summed E-state index contributed by atoms with van der Waals surface area (Å²) in [5.74, 6) is -1.51. The highest BCUT2D eigenvalue weighted by atomic mass is 28.4. The Kier molecular flexibility index (Phi) is 11.6. The van der Waals surface area contributed by atoms with Crippen LogP contribution in [-0.4, -0.2) is 92.3 Å². The molecule has 266 valence electrons. The largest absolute Gasteiger partial charge is 0.469 e. The van der Waals surface area contributed by atoms with E-state index in [9.17, 15) is 29.1 Å². The normalized spacial score (nSPS) is 24.7. The Morgan fingerprint density at radius 3 is 2.57 bits per heavy atom. The molecular weight excluding hydrogens is 645 g/mol. The number of methoxy groups -OCH3 is 1. The number of ether oxygens (including phenoxy) is 2. The summed E-state index contributed by atoms with van der Waals surface area (Å²) in [5, 5.41) is 16.0. The number of esters is 1. The zero-order chi connectivity index (χ0) is 35.3. The molecule has 0 saturated carbocycles. The molecule has 12 nitrogen and oxygen atoms in total. The lowest BCUT2D eigenvalue weighted by Gasteiger charge is -2.32. The van der Waals surface area contributed by atoms with Crippen LogP contribution in [0.2, 0.25) is 18.6 Å². The summed E-state index contributed by atoms with van der Waals surface area (Å²) in [6.45, 7) is 6.85. The second kappa shape index (κ2) is 15.5. The Labute approximate surface area is 289 Å². The van der Waals surface area contributed by atoms with Gasteiger partial charge in [0.15, 0.2) is 13.9 Å². The Hall–Kier alpha value is -3.62. The smallest absolute Gasteiger partial charge is 0.305 e. The molecule has 3 aliphatic heterocycles. The third kappa shape index (κ3) is 7.75. The average Bonchev–Trinajstić information content (AvgIpc) is 3.77. The fourth-order valence-electron chi connectivity index (χ4n) is 7.87. The summed E-state index contributed by atoms with van der Waals surface area (Å²) in [4.78, 5) is 68.4. The molecule has 13 heteroatoms. The van der Waals surface area contributed by atoms with Gasteiger partial charge in [-0.3, -0.25) is 19.2 Å². The predicted octanol–water partition coefficient (Wildman–Crippen LogP) is 3.28. The standard InChI is InChI=1S/C36H50N4O8Si/c1-24-33(49(3,4)46)30(22-31(42)39(19-20-41)23-25-11-6-5-7-12-25)48-36(24)27-21-26(38-34(44)28-13-10-17-37-28)15-16-29(27)40(35(36)45)18-9-8-14-32(43)47-2/h5-7,11-12,15-16,21,24,28,30,33,37,41,46H,8-10,13-14,17-20,22-23H2,1-4H3,(H,38,44)/t24-,28+,30+,33-,36+/m0/s1. The number of carbonyl (C=O) groups is 4. The first-order valence-corrected chi connectivity index (χ1v) is 20.3. The van der Waals surface area contributed by atoms with Crippen LogP contribution >= 0.6 is 0 Å². The van der Waals surface area contributed by atoms with E-state index in [2.05, 4.69) is 10.6 Å². The van der Waals surface area contributed by atoms with Crippen molar-refractivity contribution in [2.24, 2.45) is 5.92 Å².